The van der Waals surface area contributed by atoms with Crippen molar-refractivity contribution in [3.05, 3.63) is 28.9 Å². The Bertz CT molecular complexity index is 1380. The molecular weight excluding hydrogens is 672 g/mol. The highest BCUT2D eigenvalue weighted by Crippen LogP contribution is 2.40. The van der Waals surface area contributed by atoms with Gasteiger partial charge < -0.3 is 25.4 Å². The minimum atomic E-state index is -3.45. The summed E-state index contributed by atoms with van der Waals surface area (Å²) in [5.74, 6) is 3.16. The van der Waals surface area contributed by atoms with Crippen molar-refractivity contribution in [3.63, 3.8) is 0 Å². The van der Waals surface area contributed by atoms with Crippen molar-refractivity contribution in [1.29, 1.82) is 0 Å². The number of nitrogens with one attached hydrogen (secondary N) is 3. The number of carbonyl (C=O) groups is 1. The summed E-state index contributed by atoms with van der Waals surface area (Å²) in [4.78, 5) is 21.3. The van der Waals surface area contributed by atoms with Crippen molar-refractivity contribution in [1.82, 2.24) is 19.6 Å². The van der Waals surface area contributed by atoms with E-state index in [9.17, 15) is 13.2 Å². The number of amides is 1. The second-order valence-corrected chi connectivity index (χ2v) is 15.6. The topological polar surface area (TPSA) is 135 Å². The number of fused-ring (bicyclic) bond motifs is 1. The number of rotatable bonds is 17. The smallest absolute Gasteiger partial charge is 0.231 e. The summed E-state index contributed by atoms with van der Waals surface area (Å²) < 4.78 is 39.2. The lowest BCUT2D eigenvalue weighted by Crippen LogP contribution is -2.45. The molecule has 46 heavy (non-hydrogen) atoms. The normalized spacial score (nSPS) is 17.6. The molecule has 1 saturated heterocycles. The predicted molar refractivity (Wildman–Crippen MR) is 184 cm³/mol. The van der Waals surface area contributed by atoms with Gasteiger partial charge >= 0.3 is 0 Å². The Balaban J connectivity index is 0.945. The number of para-hydroxylation sites is 1. The van der Waals surface area contributed by atoms with Crippen LogP contribution in [-0.2, 0) is 14.8 Å². The fraction of sp³-hybridized carbons (Fsp3) is 0.667. The number of unbranched alkanes of at least 4 members (excludes halogenated alkanes) is 5. The number of carbonyl (C=O) groups excluding carboxylic acids is 1. The molecule has 3 N–H and O–H groups in total. The standard InChI is InChI=1S/C33H49BrN6O5S/c34-27-23-36-33(39-32(27)38-28-14-10-15-29-31(28)45-24-44-29)37-26-17-20-40(21-18-26)46(42,43)22-19-35-30(41)16-9-4-2-1-3-6-11-25-12-7-5-8-13-25/h10,14-15,23,25-26H,1-9,11-13,16-22,24H2,(H,35,41)(H2,36,37,38,39). The zero-order chi connectivity index (χ0) is 32.2. The van der Waals surface area contributed by atoms with Gasteiger partial charge in [-0.1, -0.05) is 76.7 Å². The first kappa shape index (κ1) is 34.7. The summed E-state index contributed by atoms with van der Waals surface area (Å²) in [5, 5.41) is 9.44. The molecule has 0 unspecified atom stereocenters. The maximum absolute atomic E-state index is 13.0. The Kier molecular flexibility index (Phi) is 13.2. The zero-order valence-electron chi connectivity index (χ0n) is 26.8. The highest BCUT2D eigenvalue weighted by atomic mass is 79.9. The molecule has 11 nitrogen and oxygen atoms in total. The van der Waals surface area contributed by atoms with Crippen molar-refractivity contribution in [2.45, 2.75) is 102 Å². The van der Waals surface area contributed by atoms with Crippen LogP contribution in [0.5, 0.6) is 11.5 Å². The van der Waals surface area contributed by atoms with Gasteiger partial charge in [0, 0.05) is 38.3 Å². The molecule has 13 heteroatoms. The third-order valence-corrected chi connectivity index (χ3v) is 11.7. The van der Waals surface area contributed by atoms with Crippen LogP contribution in [-0.4, -0.2) is 66.8 Å². The number of hydrogen-bond acceptors (Lipinski definition) is 9. The fourth-order valence-electron chi connectivity index (χ4n) is 6.58. The lowest BCUT2D eigenvalue weighted by atomic mass is 9.85. The van der Waals surface area contributed by atoms with Gasteiger partial charge in [-0.2, -0.15) is 4.98 Å². The first-order valence-electron chi connectivity index (χ1n) is 17.1. The van der Waals surface area contributed by atoms with E-state index < -0.39 is 10.0 Å². The molecule has 0 spiro atoms. The van der Waals surface area contributed by atoms with Crippen LogP contribution in [0.1, 0.15) is 96.3 Å². The second-order valence-electron chi connectivity index (χ2n) is 12.7. The van der Waals surface area contributed by atoms with Crippen LogP contribution < -0.4 is 25.4 Å². The Morgan fingerprint density at radius 2 is 1.74 bits per heavy atom. The van der Waals surface area contributed by atoms with Crippen LogP contribution in [0.2, 0.25) is 0 Å². The summed E-state index contributed by atoms with van der Waals surface area (Å²) >= 11 is 3.50. The average Bonchev–Trinajstić information content (AvgIpc) is 3.55. The van der Waals surface area contributed by atoms with E-state index in [0.717, 1.165) is 24.4 Å². The van der Waals surface area contributed by atoms with Crippen LogP contribution in [0, 0.1) is 5.92 Å². The molecule has 2 aromatic rings. The monoisotopic (exact) mass is 720 g/mol. The Hall–Kier alpha value is -2.64. The first-order chi connectivity index (χ1) is 22.4. The number of benzene rings is 1. The maximum Gasteiger partial charge on any atom is 0.231 e. The van der Waals surface area contributed by atoms with Crippen molar-refractivity contribution in [2.24, 2.45) is 5.92 Å². The molecule has 3 aliphatic rings. The number of piperidine rings is 1. The largest absolute Gasteiger partial charge is 0.454 e. The summed E-state index contributed by atoms with van der Waals surface area (Å²) in [5.41, 5.74) is 0.737. The highest BCUT2D eigenvalue weighted by Gasteiger charge is 2.28. The Labute approximate surface area is 282 Å². The number of nitrogens with zero attached hydrogens (tertiary/aromatic N) is 3. The van der Waals surface area contributed by atoms with Crippen LogP contribution >= 0.6 is 15.9 Å². The number of sulfonamides is 1. The molecule has 0 radical (unpaired) electrons. The molecule has 1 aliphatic carbocycles. The molecule has 0 bridgehead atoms. The van der Waals surface area contributed by atoms with Gasteiger partial charge in [-0.05, 0) is 53.2 Å². The van der Waals surface area contributed by atoms with E-state index in [4.69, 9.17) is 9.47 Å². The van der Waals surface area contributed by atoms with Crippen molar-refractivity contribution in [3.8, 4) is 11.5 Å². The molecule has 5 rings (SSSR count). The summed E-state index contributed by atoms with van der Waals surface area (Å²) in [6.07, 6.45) is 18.9. The minimum absolute atomic E-state index is 0.0368. The van der Waals surface area contributed by atoms with E-state index in [2.05, 4.69) is 41.8 Å². The summed E-state index contributed by atoms with van der Waals surface area (Å²) in [6, 6.07) is 5.65. The number of aromatic nitrogens is 2. The maximum atomic E-state index is 13.0. The van der Waals surface area contributed by atoms with Gasteiger partial charge in [0.15, 0.2) is 11.5 Å². The second kappa shape index (κ2) is 17.5. The van der Waals surface area contributed by atoms with Crippen molar-refractivity contribution in [2.75, 3.05) is 42.8 Å². The van der Waals surface area contributed by atoms with Crippen molar-refractivity contribution < 1.29 is 22.7 Å². The molecule has 0 atom stereocenters. The molecule has 2 fully saturated rings. The van der Waals surface area contributed by atoms with Gasteiger partial charge in [0.05, 0.1) is 15.9 Å². The van der Waals surface area contributed by atoms with E-state index in [-0.39, 0.29) is 31.0 Å². The SMILES string of the molecule is O=C(CCCCCCCCC1CCCCC1)NCCS(=O)(=O)N1CCC(Nc2ncc(Br)c(Nc3cccc4c3OCO4)n2)CC1. The molecule has 1 saturated carbocycles. The molecule has 3 heterocycles. The number of halogens is 1. The number of anilines is 3. The van der Waals surface area contributed by atoms with E-state index in [1.165, 1.54) is 68.5 Å². The third-order valence-electron chi connectivity index (χ3n) is 9.25. The van der Waals surface area contributed by atoms with Crippen LogP contribution in [0.15, 0.2) is 28.9 Å². The molecular formula is C33H49BrN6O5S. The lowest BCUT2D eigenvalue weighted by Gasteiger charge is -2.31. The van der Waals surface area contributed by atoms with Gasteiger partial charge in [-0.25, -0.2) is 17.7 Å². The van der Waals surface area contributed by atoms with Gasteiger partial charge in [0.25, 0.3) is 0 Å². The molecule has 1 amide bonds. The van der Waals surface area contributed by atoms with Gasteiger partial charge in [-0.3, -0.25) is 4.79 Å². The minimum Gasteiger partial charge on any atom is -0.454 e. The van der Waals surface area contributed by atoms with Gasteiger partial charge in [0.2, 0.25) is 28.7 Å². The van der Waals surface area contributed by atoms with Crippen LogP contribution in [0.3, 0.4) is 0 Å². The molecule has 254 valence electrons. The van der Waals surface area contributed by atoms with Crippen molar-refractivity contribution >= 4 is 49.3 Å². The number of hydrogen-bond donors (Lipinski definition) is 3. The van der Waals surface area contributed by atoms with Crippen LogP contribution in [0.4, 0.5) is 17.5 Å². The highest BCUT2D eigenvalue weighted by molar-refractivity contribution is 9.10. The third kappa shape index (κ3) is 10.4. The number of ether oxygens (including phenoxy) is 2. The van der Waals surface area contributed by atoms with E-state index in [0.29, 0.717) is 60.1 Å². The fourth-order valence-corrected chi connectivity index (χ4v) is 8.26. The van der Waals surface area contributed by atoms with E-state index in [1.54, 1.807) is 6.20 Å². The van der Waals surface area contributed by atoms with E-state index >= 15 is 0 Å². The molecule has 2 aliphatic heterocycles. The average molecular weight is 722 g/mol. The summed E-state index contributed by atoms with van der Waals surface area (Å²) in [7, 11) is -3.45. The molecule has 1 aromatic carbocycles. The quantitative estimate of drug-likeness (QED) is 0.152. The van der Waals surface area contributed by atoms with Gasteiger partial charge in [0.1, 0.15) is 5.82 Å². The predicted octanol–water partition coefficient (Wildman–Crippen LogP) is 6.73. The molecule has 1 aromatic heterocycles. The first-order valence-corrected chi connectivity index (χ1v) is 19.5. The Morgan fingerprint density at radius 3 is 2.54 bits per heavy atom. The van der Waals surface area contributed by atoms with Gasteiger partial charge in [-0.15, -0.1) is 0 Å². The van der Waals surface area contributed by atoms with E-state index in [1.807, 2.05) is 18.2 Å². The Morgan fingerprint density at radius 1 is 0.978 bits per heavy atom. The lowest BCUT2D eigenvalue weighted by molar-refractivity contribution is -0.121. The van der Waals surface area contributed by atoms with Crippen LogP contribution in [0.25, 0.3) is 0 Å². The summed E-state index contributed by atoms with van der Waals surface area (Å²) in [6.45, 7) is 1.13. The zero-order valence-corrected chi connectivity index (χ0v) is 29.2.